The summed E-state index contributed by atoms with van der Waals surface area (Å²) in [5.41, 5.74) is 2.04. The maximum atomic E-state index is 13.4. The van der Waals surface area contributed by atoms with E-state index in [-0.39, 0.29) is 23.8 Å². The van der Waals surface area contributed by atoms with Crippen molar-refractivity contribution in [1.29, 1.82) is 0 Å². The largest absolute Gasteiger partial charge is 0.493 e. The maximum Gasteiger partial charge on any atom is 0.254 e. The lowest BCUT2D eigenvalue weighted by molar-refractivity contribution is 0.0671. The summed E-state index contributed by atoms with van der Waals surface area (Å²) >= 11 is 6.24. The van der Waals surface area contributed by atoms with Crippen LogP contribution in [-0.4, -0.2) is 50.1 Å². The Labute approximate surface area is 204 Å². The van der Waals surface area contributed by atoms with Gasteiger partial charge >= 0.3 is 0 Å². The van der Waals surface area contributed by atoms with E-state index in [1.165, 1.54) is 0 Å². The van der Waals surface area contributed by atoms with Crippen LogP contribution in [0.1, 0.15) is 38.6 Å². The molecule has 0 bridgehead atoms. The van der Waals surface area contributed by atoms with Crippen LogP contribution in [-0.2, 0) is 0 Å². The molecular formula is C27H27ClN2O4. The normalized spacial score (nSPS) is 17.7. The third-order valence-electron chi connectivity index (χ3n) is 6.19. The Bertz CT molecular complexity index is 1170. The zero-order chi connectivity index (χ0) is 24.1. The van der Waals surface area contributed by atoms with Gasteiger partial charge in [0.2, 0.25) is 0 Å². The molecule has 1 aliphatic heterocycles. The average molecular weight is 479 g/mol. The first-order chi connectivity index (χ1) is 16.5. The number of benzene rings is 3. The van der Waals surface area contributed by atoms with Gasteiger partial charge in [0.15, 0.2) is 11.5 Å². The van der Waals surface area contributed by atoms with Gasteiger partial charge in [-0.1, -0.05) is 54.1 Å². The van der Waals surface area contributed by atoms with Crippen molar-refractivity contribution in [1.82, 2.24) is 10.2 Å². The molecule has 0 spiro atoms. The fourth-order valence-electron chi connectivity index (χ4n) is 4.39. The molecule has 0 unspecified atom stereocenters. The Morgan fingerprint density at radius 3 is 2.35 bits per heavy atom. The summed E-state index contributed by atoms with van der Waals surface area (Å²) in [7, 11) is 3.11. The molecular weight excluding hydrogens is 452 g/mol. The number of hydrogen-bond acceptors (Lipinski definition) is 4. The quantitative estimate of drug-likeness (QED) is 0.553. The van der Waals surface area contributed by atoms with Crippen LogP contribution in [0.5, 0.6) is 11.5 Å². The highest BCUT2D eigenvalue weighted by Gasteiger charge is 2.34. The highest BCUT2D eigenvalue weighted by atomic mass is 35.5. The van der Waals surface area contributed by atoms with Crippen LogP contribution in [0.15, 0.2) is 72.8 Å². The molecule has 1 heterocycles. The molecule has 0 aliphatic carbocycles. The number of nitrogens with one attached hydrogen (secondary N) is 1. The number of piperidine rings is 1. The van der Waals surface area contributed by atoms with Crippen LogP contribution >= 0.6 is 11.6 Å². The summed E-state index contributed by atoms with van der Waals surface area (Å²) in [6.45, 7) is 0.995. The highest BCUT2D eigenvalue weighted by Crippen LogP contribution is 2.31. The molecule has 1 fully saturated rings. The molecule has 7 heteroatoms. The minimum atomic E-state index is -0.212. The van der Waals surface area contributed by atoms with E-state index in [1.54, 1.807) is 56.7 Å². The third kappa shape index (κ3) is 5.02. The van der Waals surface area contributed by atoms with E-state index in [4.69, 9.17) is 21.1 Å². The number of nitrogens with zero attached hydrogens (tertiary/aromatic N) is 1. The maximum absolute atomic E-state index is 13.4. The molecule has 3 aromatic carbocycles. The van der Waals surface area contributed by atoms with Gasteiger partial charge in [0.1, 0.15) is 0 Å². The molecule has 2 atom stereocenters. The fraction of sp³-hybridized carbons (Fsp3) is 0.259. The summed E-state index contributed by atoms with van der Waals surface area (Å²) in [4.78, 5) is 28.2. The fourth-order valence-corrected chi connectivity index (χ4v) is 4.61. The monoisotopic (exact) mass is 478 g/mol. The van der Waals surface area contributed by atoms with Crippen molar-refractivity contribution >= 4 is 23.4 Å². The summed E-state index contributed by atoms with van der Waals surface area (Å²) in [6.07, 6.45) is 0.620. The van der Waals surface area contributed by atoms with Crippen molar-refractivity contribution < 1.29 is 19.1 Å². The van der Waals surface area contributed by atoms with Gasteiger partial charge in [-0.2, -0.15) is 0 Å². The molecule has 3 aromatic rings. The molecule has 1 N–H and O–H groups in total. The van der Waals surface area contributed by atoms with E-state index in [1.807, 2.05) is 35.2 Å². The lowest BCUT2D eigenvalue weighted by Crippen LogP contribution is -2.51. The van der Waals surface area contributed by atoms with E-state index >= 15 is 0 Å². The average Bonchev–Trinajstić information content (AvgIpc) is 2.88. The second-order valence-corrected chi connectivity index (χ2v) is 8.59. The van der Waals surface area contributed by atoms with Crippen molar-refractivity contribution in [2.24, 2.45) is 0 Å². The second-order valence-electron chi connectivity index (χ2n) is 8.19. The number of ether oxygens (including phenoxy) is 2. The number of halogens is 1. The van der Waals surface area contributed by atoms with Gasteiger partial charge in [0.05, 0.1) is 24.8 Å². The van der Waals surface area contributed by atoms with E-state index in [0.717, 1.165) is 5.56 Å². The molecule has 0 radical (unpaired) electrons. The predicted molar refractivity (Wildman–Crippen MR) is 132 cm³/mol. The molecule has 1 saturated heterocycles. The summed E-state index contributed by atoms with van der Waals surface area (Å²) in [5.74, 6) is 0.719. The summed E-state index contributed by atoms with van der Waals surface area (Å²) < 4.78 is 10.7. The van der Waals surface area contributed by atoms with Crippen LogP contribution < -0.4 is 14.8 Å². The zero-order valence-corrected chi connectivity index (χ0v) is 19.9. The molecule has 0 saturated carbocycles. The molecule has 6 nitrogen and oxygen atoms in total. The predicted octanol–water partition coefficient (Wildman–Crippen LogP) is 4.79. The number of methoxy groups -OCH3 is 2. The molecule has 0 aromatic heterocycles. The van der Waals surface area contributed by atoms with Crippen LogP contribution in [0.2, 0.25) is 5.02 Å². The minimum absolute atomic E-state index is 0.0644. The number of amides is 2. The van der Waals surface area contributed by atoms with Gasteiger partial charge in [-0.15, -0.1) is 0 Å². The van der Waals surface area contributed by atoms with Crippen molar-refractivity contribution in [2.45, 2.75) is 18.4 Å². The molecule has 176 valence electrons. The third-order valence-corrected chi connectivity index (χ3v) is 6.52. The molecule has 4 rings (SSSR count). The van der Waals surface area contributed by atoms with Gasteiger partial charge in [-0.25, -0.2) is 0 Å². The minimum Gasteiger partial charge on any atom is -0.493 e. The highest BCUT2D eigenvalue weighted by molar-refractivity contribution is 6.33. The lowest BCUT2D eigenvalue weighted by atomic mass is 9.85. The number of carbonyl (C=O) groups excluding carboxylic acids is 2. The first-order valence-electron chi connectivity index (χ1n) is 11.1. The summed E-state index contributed by atoms with van der Waals surface area (Å²) in [5, 5.41) is 3.57. The molecule has 2 amide bonds. The standard InChI is InChI=1S/C27H27ClN2O4/c1-33-24-13-12-19(16-25(24)34-2)27(32)30-15-14-23(21(17-30)18-8-4-3-5-9-18)29-26(31)20-10-6-7-11-22(20)28/h3-13,16,21,23H,14-15,17H2,1-2H3,(H,29,31)/t21-,23+/m1/s1. The topological polar surface area (TPSA) is 67.9 Å². The Balaban J connectivity index is 1.56. The van der Waals surface area contributed by atoms with Gasteiger partial charge in [0, 0.05) is 30.6 Å². The number of hydrogen-bond donors (Lipinski definition) is 1. The number of likely N-dealkylation sites (tertiary alicyclic amines) is 1. The van der Waals surface area contributed by atoms with Gasteiger partial charge in [0.25, 0.3) is 11.8 Å². The zero-order valence-electron chi connectivity index (χ0n) is 19.2. The van der Waals surface area contributed by atoms with Crippen LogP contribution in [0, 0.1) is 0 Å². The van der Waals surface area contributed by atoms with E-state index in [0.29, 0.717) is 47.2 Å². The first kappa shape index (κ1) is 23.6. The Hall–Kier alpha value is -3.51. The van der Waals surface area contributed by atoms with Crippen molar-refractivity contribution in [2.75, 3.05) is 27.3 Å². The van der Waals surface area contributed by atoms with Crippen molar-refractivity contribution in [3.05, 3.63) is 94.5 Å². The first-order valence-corrected chi connectivity index (χ1v) is 11.5. The smallest absolute Gasteiger partial charge is 0.254 e. The molecule has 1 aliphatic rings. The van der Waals surface area contributed by atoms with Crippen molar-refractivity contribution in [3.8, 4) is 11.5 Å². The van der Waals surface area contributed by atoms with Crippen LogP contribution in [0.3, 0.4) is 0 Å². The SMILES string of the molecule is COc1ccc(C(=O)N2CC[C@H](NC(=O)c3ccccc3Cl)[C@@H](c3ccccc3)C2)cc1OC. The van der Waals surface area contributed by atoms with E-state index in [2.05, 4.69) is 5.32 Å². The Morgan fingerprint density at radius 2 is 1.65 bits per heavy atom. The van der Waals surface area contributed by atoms with Gasteiger partial charge in [-0.3, -0.25) is 9.59 Å². The number of rotatable bonds is 6. The number of carbonyl (C=O) groups is 2. The van der Waals surface area contributed by atoms with Gasteiger partial charge < -0.3 is 19.7 Å². The van der Waals surface area contributed by atoms with Gasteiger partial charge in [-0.05, 0) is 42.3 Å². The Morgan fingerprint density at radius 1 is 0.941 bits per heavy atom. The van der Waals surface area contributed by atoms with Crippen LogP contribution in [0.4, 0.5) is 0 Å². The van der Waals surface area contributed by atoms with Crippen LogP contribution in [0.25, 0.3) is 0 Å². The Kier molecular flexibility index (Phi) is 7.38. The second kappa shape index (κ2) is 10.6. The lowest BCUT2D eigenvalue weighted by Gasteiger charge is -2.39. The molecule has 34 heavy (non-hydrogen) atoms. The van der Waals surface area contributed by atoms with E-state index < -0.39 is 0 Å². The summed E-state index contributed by atoms with van der Waals surface area (Å²) in [6, 6.07) is 22.0. The van der Waals surface area contributed by atoms with E-state index in [9.17, 15) is 9.59 Å². The van der Waals surface area contributed by atoms with Crippen molar-refractivity contribution in [3.63, 3.8) is 0 Å².